The van der Waals surface area contributed by atoms with Gasteiger partial charge in [-0.1, -0.05) is 24.3 Å². The first-order valence-electron chi connectivity index (χ1n) is 4.91. The molecular formula is C11H10MgO5S+2. The van der Waals surface area contributed by atoms with Crippen LogP contribution in [0.3, 0.4) is 0 Å². The minimum Gasteiger partial charge on any atom is -0.294 e. The smallest absolute Gasteiger partial charge is 0.294 e. The van der Waals surface area contributed by atoms with Crippen LogP contribution in [0.5, 0.6) is 0 Å². The van der Waals surface area contributed by atoms with E-state index in [4.69, 9.17) is 4.55 Å². The molecule has 0 saturated carbocycles. The van der Waals surface area contributed by atoms with Crippen LogP contribution in [0.25, 0.3) is 0 Å². The molecule has 0 bridgehead atoms. The van der Waals surface area contributed by atoms with Gasteiger partial charge in [0.1, 0.15) is 0 Å². The molecule has 0 saturated heterocycles. The molecule has 1 atom stereocenters. The summed E-state index contributed by atoms with van der Waals surface area (Å²) in [6, 6.07) is 6.00. The van der Waals surface area contributed by atoms with Crippen molar-refractivity contribution in [2.24, 2.45) is 0 Å². The fraction of sp³-hybridized carbons (Fsp3) is 0.273. The van der Waals surface area contributed by atoms with Crippen LogP contribution in [0.2, 0.25) is 0 Å². The molecule has 1 aliphatic carbocycles. The molecule has 1 aromatic carbocycles. The second-order valence-electron chi connectivity index (χ2n) is 4.18. The largest absolute Gasteiger partial charge is 2.00 e. The molecule has 90 valence electrons. The van der Waals surface area contributed by atoms with Crippen LogP contribution in [0.4, 0.5) is 0 Å². The average Bonchev–Trinajstić information content (AvgIpc) is 2.25. The molecule has 1 unspecified atom stereocenters. The van der Waals surface area contributed by atoms with Gasteiger partial charge in [-0.25, -0.2) is 0 Å². The topological polar surface area (TPSA) is 88.5 Å². The zero-order chi connectivity index (χ0) is 12.8. The number of hydrogen-bond donors (Lipinski definition) is 1. The van der Waals surface area contributed by atoms with Crippen molar-refractivity contribution in [1.29, 1.82) is 0 Å². The minimum absolute atomic E-state index is 0. The monoisotopic (exact) mass is 278 g/mol. The number of hydrogen-bond acceptors (Lipinski definition) is 4. The van der Waals surface area contributed by atoms with Crippen molar-refractivity contribution in [3.05, 3.63) is 35.4 Å². The minimum atomic E-state index is -4.62. The van der Waals surface area contributed by atoms with Gasteiger partial charge in [0.15, 0.2) is 16.3 Å². The maximum absolute atomic E-state index is 12.0. The third-order valence-electron chi connectivity index (χ3n) is 3.02. The van der Waals surface area contributed by atoms with Crippen molar-refractivity contribution in [3.8, 4) is 0 Å². The Balaban J connectivity index is 0.00000162. The van der Waals surface area contributed by atoms with E-state index in [9.17, 15) is 18.0 Å². The first-order valence-corrected chi connectivity index (χ1v) is 6.35. The molecule has 7 heteroatoms. The number of carbonyl (C=O) groups excluding carboxylic acids is 2. The van der Waals surface area contributed by atoms with Gasteiger partial charge in [-0.05, 0) is 6.92 Å². The van der Waals surface area contributed by atoms with Crippen molar-refractivity contribution < 1.29 is 22.6 Å². The zero-order valence-electron chi connectivity index (χ0n) is 9.71. The van der Waals surface area contributed by atoms with Crippen molar-refractivity contribution in [3.63, 3.8) is 0 Å². The number of Topliss-reactive ketones (excluding diaryl/α,β-unsaturated/α-hetero) is 2. The SMILES string of the molecule is CC1(S(=O)(=O)O)CC(=O)c2ccccc2C1=O.[Mg+2]. The van der Waals surface area contributed by atoms with Crippen molar-refractivity contribution >= 4 is 44.7 Å². The maximum Gasteiger partial charge on any atom is 2.00 e. The first-order chi connectivity index (χ1) is 7.77. The molecule has 1 N–H and O–H groups in total. The Kier molecular flexibility index (Phi) is 4.02. The van der Waals surface area contributed by atoms with Gasteiger partial charge in [0.05, 0.1) is 0 Å². The van der Waals surface area contributed by atoms with Crippen molar-refractivity contribution in [2.45, 2.75) is 18.1 Å². The van der Waals surface area contributed by atoms with Crippen LogP contribution < -0.4 is 0 Å². The van der Waals surface area contributed by atoms with Crippen molar-refractivity contribution in [1.82, 2.24) is 0 Å². The van der Waals surface area contributed by atoms with Crippen LogP contribution >= 0.6 is 0 Å². The Morgan fingerprint density at radius 2 is 1.67 bits per heavy atom. The molecular weight excluding hydrogens is 268 g/mol. The Bertz CT molecular complexity index is 622. The van der Waals surface area contributed by atoms with E-state index >= 15 is 0 Å². The Hall–Kier alpha value is -0.764. The first kappa shape index (κ1) is 15.3. The van der Waals surface area contributed by atoms with Gasteiger partial charge in [0, 0.05) is 17.5 Å². The van der Waals surface area contributed by atoms with E-state index in [1.54, 1.807) is 12.1 Å². The summed E-state index contributed by atoms with van der Waals surface area (Å²) >= 11 is 0. The zero-order valence-corrected chi connectivity index (χ0v) is 11.9. The van der Waals surface area contributed by atoms with Gasteiger partial charge in [-0.2, -0.15) is 8.42 Å². The molecule has 0 radical (unpaired) electrons. The predicted molar refractivity (Wildman–Crippen MR) is 65.4 cm³/mol. The normalized spacial score (nSPS) is 23.2. The molecule has 0 heterocycles. The number of ketones is 2. The summed E-state index contributed by atoms with van der Waals surface area (Å²) in [6.07, 6.45) is -0.526. The van der Waals surface area contributed by atoms with E-state index < -0.39 is 32.9 Å². The van der Waals surface area contributed by atoms with Crippen LogP contribution in [-0.2, 0) is 10.1 Å². The number of rotatable bonds is 1. The molecule has 0 fully saturated rings. The molecule has 1 aliphatic rings. The molecule has 1 aromatic rings. The van der Waals surface area contributed by atoms with E-state index in [0.29, 0.717) is 0 Å². The summed E-state index contributed by atoms with van der Waals surface area (Å²) in [5.74, 6) is -1.20. The van der Waals surface area contributed by atoms with Gasteiger partial charge >= 0.3 is 23.1 Å². The van der Waals surface area contributed by atoms with Gasteiger partial charge in [-0.15, -0.1) is 0 Å². The fourth-order valence-corrected chi connectivity index (χ4v) is 2.56. The van der Waals surface area contributed by atoms with E-state index in [0.717, 1.165) is 6.92 Å². The summed E-state index contributed by atoms with van der Waals surface area (Å²) in [7, 11) is -4.62. The summed E-state index contributed by atoms with van der Waals surface area (Å²) in [4.78, 5) is 23.8. The van der Waals surface area contributed by atoms with Crippen LogP contribution in [0, 0.1) is 0 Å². The molecule has 0 aromatic heterocycles. The van der Waals surface area contributed by atoms with Gasteiger partial charge in [0.2, 0.25) is 0 Å². The van der Waals surface area contributed by atoms with Crippen LogP contribution in [-0.4, -0.2) is 52.3 Å². The van der Waals surface area contributed by atoms with Gasteiger partial charge in [0.25, 0.3) is 10.1 Å². The third kappa shape index (κ3) is 2.11. The number of benzene rings is 1. The third-order valence-corrected chi connectivity index (χ3v) is 4.49. The quantitative estimate of drug-likeness (QED) is 0.604. The standard InChI is InChI=1S/C11H10O5S.Mg/c1-11(17(14,15)16)6-9(12)7-4-2-3-5-8(7)10(11)13;/h2-5H,6H2,1H3,(H,14,15,16);/q;+2. The molecule has 18 heavy (non-hydrogen) atoms. The van der Waals surface area contributed by atoms with Gasteiger partial charge in [-0.3, -0.25) is 14.1 Å². The second-order valence-corrected chi connectivity index (χ2v) is 6.03. The fourth-order valence-electron chi connectivity index (χ4n) is 1.90. The van der Waals surface area contributed by atoms with E-state index in [2.05, 4.69) is 0 Å². The maximum atomic E-state index is 12.0. The van der Waals surface area contributed by atoms with Gasteiger partial charge < -0.3 is 0 Å². The molecule has 0 aliphatic heterocycles. The summed E-state index contributed by atoms with van der Waals surface area (Å²) < 4.78 is 29.6. The summed E-state index contributed by atoms with van der Waals surface area (Å²) in [5, 5.41) is 0. The Morgan fingerprint density at radius 1 is 1.17 bits per heavy atom. The Morgan fingerprint density at radius 3 is 2.17 bits per heavy atom. The van der Waals surface area contributed by atoms with Crippen LogP contribution in [0.15, 0.2) is 24.3 Å². The Labute approximate surface area is 120 Å². The summed E-state index contributed by atoms with van der Waals surface area (Å²) in [5.41, 5.74) is 0.252. The summed E-state index contributed by atoms with van der Waals surface area (Å²) in [6.45, 7) is 1.07. The second kappa shape index (κ2) is 4.73. The molecule has 0 amide bonds. The van der Waals surface area contributed by atoms with Crippen molar-refractivity contribution in [2.75, 3.05) is 0 Å². The molecule has 5 nitrogen and oxygen atoms in total. The average molecular weight is 279 g/mol. The molecule has 0 spiro atoms. The van der Waals surface area contributed by atoms with E-state index in [1.807, 2.05) is 0 Å². The molecule has 2 rings (SSSR count). The number of carbonyl (C=O) groups is 2. The predicted octanol–water partition coefficient (Wildman–Crippen LogP) is 0.721. The van der Waals surface area contributed by atoms with Crippen LogP contribution in [0.1, 0.15) is 34.1 Å². The van der Waals surface area contributed by atoms with E-state index in [1.165, 1.54) is 12.1 Å². The van der Waals surface area contributed by atoms with E-state index in [-0.39, 0.29) is 34.2 Å². The number of fused-ring (bicyclic) bond motifs is 1.